The lowest BCUT2D eigenvalue weighted by Crippen LogP contribution is -1.83. The Kier molecular flexibility index (Phi) is 2.47. The van der Waals surface area contributed by atoms with E-state index in [-0.39, 0.29) is 0 Å². The molecule has 0 aliphatic heterocycles. The number of rotatable bonds is 2. The lowest BCUT2D eigenvalue weighted by molar-refractivity contribution is 0.582. The molecule has 82 valence electrons. The maximum absolute atomic E-state index is 5.38. The van der Waals surface area contributed by atoms with Gasteiger partial charge >= 0.3 is 0 Å². The molecule has 3 rings (SSSR count). The predicted octanol–water partition coefficient (Wildman–Crippen LogP) is 4.01. The smallest absolute Gasteiger partial charge is 0.133 e. The van der Waals surface area contributed by atoms with Gasteiger partial charge in [0.2, 0.25) is 0 Å². The van der Waals surface area contributed by atoms with Crippen molar-refractivity contribution < 1.29 is 4.42 Å². The fourth-order valence-electron chi connectivity index (χ4n) is 1.79. The highest BCUT2D eigenvalue weighted by molar-refractivity contribution is 5.67. The summed E-state index contributed by atoms with van der Waals surface area (Å²) in [7, 11) is 0. The third kappa shape index (κ3) is 1.97. The molecule has 0 aliphatic carbocycles. The molecule has 1 aromatic carbocycles. The minimum Gasteiger partial charge on any atom is -0.464 e. The standard InChI is InChI=1S/C15H11NO/c1-2-5-12(6-3-1)14-11-13(8-9-16-14)15-7-4-10-17-15/h1-11H. The lowest BCUT2D eigenvalue weighted by atomic mass is 10.1. The first kappa shape index (κ1) is 9.85. The highest BCUT2D eigenvalue weighted by Gasteiger charge is 2.03. The van der Waals surface area contributed by atoms with E-state index < -0.39 is 0 Å². The molecule has 0 amide bonds. The van der Waals surface area contributed by atoms with Gasteiger partial charge in [-0.25, -0.2) is 0 Å². The van der Waals surface area contributed by atoms with Gasteiger partial charge in [-0.1, -0.05) is 30.3 Å². The van der Waals surface area contributed by atoms with E-state index in [0.29, 0.717) is 0 Å². The molecule has 3 aromatic rings. The second-order valence-electron chi connectivity index (χ2n) is 3.77. The molecule has 2 aromatic heterocycles. The summed E-state index contributed by atoms with van der Waals surface area (Å²) in [5.41, 5.74) is 3.12. The van der Waals surface area contributed by atoms with Gasteiger partial charge in [-0.2, -0.15) is 0 Å². The molecule has 0 saturated heterocycles. The first-order valence-electron chi connectivity index (χ1n) is 5.49. The molecule has 0 bridgehead atoms. The summed E-state index contributed by atoms with van der Waals surface area (Å²) < 4.78 is 5.38. The molecule has 0 unspecified atom stereocenters. The van der Waals surface area contributed by atoms with Gasteiger partial charge in [-0.3, -0.25) is 4.98 Å². The van der Waals surface area contributed by atoms with Crippen molar-refractivity contribution in [1.82, 2.24) is 4.98 Å². The molecule has 0 atom stereocenters. The minimum absolute atomic E-state index is 0.865. The van der Waals surface area contributed by atoms with E-state index in [4.69, 9.17) is 4.42 Å². The normalized spacial score (nSPS) is 10.4. The number of furan rings is 1. The first-order valence-corrected chi connectivity index (χ1v) is 5.49. The van der Waals surface area contributed by atoms with Crippen LogP contribution in [0, 0.1) is 0 Å². The zero-order valence-corrected chi connectivity index (χ0v) is 9.21. The van der Waals surface area contributed by atoms with E-state index in [1.165, 1.54) is 0 Å². The van der Waals surface area contributed by atoms with Gasteiger partial charge in [0.15, 0.2) is 0 Å². The van der Waals surface area contributed by atoms with Crippen LogP contribution in [0.2, 0.25) is 0 Å². The predicted molar refractivity (Wildman–Crippen MR) is 67.4 cm³/mol. The van der Waals surface area contributed by atoms with Crippen molar-refractivity contribution in [3.8, 4) is 22.6 Å². The van der Waals surface area contributed by atoms with Crippen molar-refractivity contribution in [2.75, 3.05) is 0 Å². The van der Waals surface area contributed by atoms with Crippen LogP contribution in [0.1, 0.15) is 0 Å². The average molecular weight is 221 g/mol. The lowest BCUT2D eigenvalue weighted by Gasteiger charge is -2.02. The van der Waals surface area contributed by atoms with E-state index in [9.17, 15) is 0 Å². The van der Waals surface area contributed by atoms with Gasteiger partial charge < -0.3 is 4.42 Å². The Balaban J connectivity index is 2.06. The number of hydrogen-bond acceptors (Lipinski definition) is 2. The molecule has 17 heavy (non-hydrogen) atoms. The summed E-state index contributed by atoms with van der Waals surface area (Å²) in [4.78, 5) is 4.38. The third-order valence-electron chi connectivity index (χ3n) is 2.64. The monoisotopic (exact) mass is 221 g/mol. The van der Waals surface area contributed by atoms with Crippen molar-refractivity contribution in [2.45, 2.75) is 0 Å². The number of nitrogens with zero attached hydrogens (tertiary/aromatic N) is 1. The third-order valence-corrected chi connectivity index (χ3v) is 2.64. The van der Waals surface area contributed by atoms with Gasteiger partial charge in [-0.05, 0) is 24.3 Å². The minimum atomic E-state index is 0.865. The van der Waals surface area contributed by atoms with Crippen LogP contribution in [0.4, 0.5) is 0 Å². The largest absolute Gasteiger partial charge is 0.464 e. The average Bonchev–Trinajstić information content (AvgIpc) is 2.94. The Labute approximate surface area is 99.6 Å². The zero-order valence-electron chi connectivity index (χ0n) is 9.21. The number of pyridine rings is 1. The summed E-state index contributed by atoms with van der Waals surface area (Å²) in [5.74, 6) is 0.865. The fraction of sp³-hybridized carbons (Fsp3) is 0. The van der Waals surface area contributed by atoms with Crippen LogP contribution in [-0.4, -0.2) is 4.98 Å². The Morgan fingerprint density at radius 1 is 0.824 bits per heavy atom. The van der Waals surface area contributed by atoms with Crippen LogP contribution in [0.5, 0.6) is 0 Å². The number of aromatic nitrogens is 1. The Hall–Kier alpha value is -2.35. The van der Waals surface area contributed by atoms with Gasteiger partial charge in [-0.15, -0.1) is 0 Å². The van der Waals surface area contributed by atoms with E-state index in [1.54, 1.807) is 12.5 Å². The second kappa shape index (κ2) is 4.26. The molecule has 2 nitrogen and oxygen atoms in total. The molecule has 0 spiro atoms. The van der Waals surface area contributed by atoms with Crippen molar-refractivity contribution >= 4 is 0 Å². The second-order valence-corrected chi connectivity index (χ2v) is 3.77. The molecule has 0 radical (unpaired) electrons. The fourth-order valence-corrected chi connectivity index (χ4v) is 1.79. The summed E-state index contributed by atoms with van der Waals surface area (Å²) >= 11 is 0. The van der Waals surface area contributed by atoms with E-state index in [0.717, 1.165) is 22.6 Å². The summed E-state index contributed by atoms with van der Waals surface area (Å²) in [6.45, 7) is 0. The molecular formula is C15H11NO. The number of hydrogen-bond donors (Lipinski definition) is 0. The number of benzene rings is 1. The zero-order chi connectivity index (χ0) is 11.5. The highest BCUT2D eigenvalue weighted by atomic mass is 16.3. The summed E-state index contributed by atoms with van der Waals surface area (Å²) in [6.07, 6.45) is 3.48. The molecule has 0 N–H and O–H groups in total. The summed E-state index contributed by atoms with van der Waals surface area (Å²) in [6, 6.07) is 17.9. The Morgan fingerprint density at radius 3 is 2.47 bits per heavy atom. The van der Waals surface area contributed by atoms with E-state index in [1.807, 2.05) is 54.6 Å². The molecule has 0 saturated carbocycles. The Bertz CT molecular complexity index is 600. The SMILES string of the molecule is c1ccc(-c2cc(-c3ccco3)ccn2)cc1. The van der Waals surface area contributed by atoms with Crippen LogP contribution >= 0.6 is 0 Å². The maximum atomic E-state index is 5.38. The van der Waals surface area contributed by atoms with Gasteiger partial charge in [0.05, 0.1) is 12.0 Å². The van der Waals surface area contributed by atoms with Gasteiger partial charge in [0, 0.05) is 17.3 Å². The molecule has 2 heteroatoms. The van der Waals surface area contributed by atoms with Crippen molar-refractivity contribution in [3.63, 3.8) is 0 Å². The van der Waals surface area contributed by atoms with E-state index >= 15 is 0 Å². The quantitative estimate of drug-likeness (QED) is 0.653. The van der Waals surface area contributed by atoms with Crippen LogP contribution in [0.25, 0.3) is 22.6 Å². The van der Waals surface area contributed by atoms with Gasteiger partial charge in [0.1, 0.15) is 5.76 Å². The summed E-state index contributed by atoms with van der Waals surface area (Å²) in [5, 5.41) is 0. The molecule has 2 heterocycles. The van der Waals surface area contributed by atoms with Crippen LogP contribution in [0.3, 0.4) is 0 Å². The van der Waals surface area contributed by atoms with Crippen molar-refractivity contribution in [2.24, 2.45) is 0 Å². The maximum Gasteiger partial charge on any atom is 0.133 e. The van der Waals surface area contributed by atoms with Crippen LogP contribution in [0.15, 0.2) is 71.5 Å². The van der Waals surface area contributed by atoms with Crippen molar-refractivity contribution in [3.05, 3.63) is 67.1 Å². The van der Waals surface area contributed by atoms with Crippen molar-refractivity contribution in [1.29, 1.82) is 0 Å². The van der Waals surface area contributed by atoms with Gasteiger partial charge in [0.25, 0.3) is 0 Å². The molecule has 0 fully saturated rings. The Morgan fingerprint density at radius 2 is 1.71 bits per heavy atom. The van der Waals surface area contributed by atoms with Crippen LogP contribution in [-0.2, 0) is 0 Å². The van der Waals surface area contributed by atoms with Crippen LogP contribution < -0.4 is 0 Å². The topological polar surface area (TPSA) is 26.0 Å². The van der Waals surface area contributed by atoms with E-state index in [2.05, 4.69) is 4.98 Å². The molecular weight excluding hydrogens is 210 g/mol. The first-order chi connectivity index (χ1) is 8.43. The highest BCUT2D eigenvalue weighted by Crippen LogP contribution is 2.24. The molecule has 0 aliphatic rings.